The Bertz CT molecular complexity index is 575. The predicted octanol–water partition coefficient (Wildman–Crippen LogP) is 1.50. The van der Waals surface area contributed by atoms with E-state index >= 15 is 0 Å². The number of nitrogen functional groups attached to an aromatic ring is 1. The van der Waals surface area contributed by atoms with E-state index in [1.807, 2.05) is 13.0 Å². The van der Waals surface area contributed by atoms with Crippen molar-refractivity contribution in [2.24, 2.45) is 0 Å². The van der Waals surface area contributed by atoms with Crippen LogP contribution in [0.3, 0.4) is 0 Å². The van der Waals surface area contributed by atoms with E-state index in [-0.39, 0.29) is 23.0 Å². The lowest BCUT2D eigenvalue weighted by Gasteiger charge is -2.23. The van der Waals surface area contributed by atoms with Crippen molar-refractivity contribution in [1.82, 2.24) is 4.31 Å². The lowest BCUT2D eigenvalue weighted by atomic mass is 10.2. The second kappa shape index (κ2) is 5.38. The fourth-order valence-electron chi connectivity index (χ4n) is 1.56. The molecule has 0 fully saturated rings. The Hall–Kier alpha value is -1.58. The molecular weight excluding hydrogens is 250 g/mol. The average molecular weight is 267 g/mol. The summed E-state index contributed by atoms with van der Waals surface area (Å²) in [6, 6.07) is 6.39. The number of nitrogens with two attached hydrogens (primary N) is 1. The number of hydrogen-bond donors (Lipinski definition) is 1. The maximum atomic E-state index is 12.3. The normalized spacial score (nSPS) is 13.3. The molecule has 0 aromatic heterocycles. The summed E-state index contributed by atoms with van der Waals surface area (Å²) in [5, 5.41) is 8.62. The van der Waals surface area contributed by atoms with Gasteiger partial charge in [-0.2, -0.15) is 9.57 Å². The van der Waals surface area contributed by atoms with Gasteiger partial charge in [-0.1, -0.05) is 6.07 Å². The maximum Gasteiger partial charge on any atom is 0.245 e. The van der Waals surface area contributed by atoms with E-state index in [1.165, 1.54) is 17.4 Å². The summed E-state index contributed by atoms with van der Waals surface area (Å²) in [6.07, 6.45) is 0.140. The number of anilines is 1. The van der Waals surface area contributed by atoms with Crippen LogP contribution in [0.2, 0.25) is 0 Å². The number of nitriles is 1. The van der Waals surface area contributed by atoms with Crippen LogP contribution in [0, 0.1) is 18.3 Å². The van der Waals surface area contributed by atoms with Gasteiger partial charge in [0.05, 0.1) is 18.2 Å². The van der Waals surface area contributed by atoms with Crippen molar-refractivity contribution in [3.05, 3.63) is 23.8 Å². The third-order valence-electron chi connectivity index (χ3n) is 2.83. The van der Waals surface area contributed by atoms with Crippen molar-refractivity contribution in [2.75, 3.05) is 12.8 Å². The highest BCUT2D eigenvalue weighted by Gasteiger charge is 2.26. The quantitative estimate of drug-likeness (QED) is 0.837. The minimum atomic E-state index is -3.65. The molecule has 18 heavy (non-hydrogen) atoms. The zero-order valence-corrected chi connectivity index (χ0v) is 11.5. The molecule has 2 N–H and O–H groups in total. The van der Waals surface area contributed by atoms with Crippen LogP contribution in [0.4, 0.5) is 5.69 Å². The van der Waals surface area contributed by atoms with Crippen LogP contribution >= 0.6 is 0 Å². The fraction of sp³-hybridized carbons (Fsp3) is 0.417. The zero-order valence-electron chi connectivity index (χ0n) is 10.7. The van der Waals surface area contributed by atoms with E-state index in [0.717, 1.165) is 5.56 Å². The smallest absolute Gasteiger partial charge is 0.245 e. The van der Waals surface area contributed by atoms with Crippen molar-refractivity contribution in [1.29, 1.82) is 5.26 Å². The minimum absolute atomic E-state index is 0.0837. The van der Waals surface area contributed by atoms with E-state index in [1.54, 1.807) is 19.1 Å². The SMILES string of the molecule is Cc1ccc(S(=O)(=O)N(C)C(C)CC#N)c(N)c1. The first kappa shape index (κ1) is 14.5. The summed E-state index contributed by atoms with van der Waals surface area (Å²) < 4.78 is 25.8. The van der Waals surface area contributed by atoms with Crippen molar-refractivity contribution in [3.63, 3.8) is 0 Å². The topological polar surface area (TPSA) is 87.2 Å². The molecule has 1 unspecified atom stereocenters. The van der Waals surface area contributed by atoms with Gasteiger partial charge in [0.25, 0.3) is 0 Å². The predicted molar refractivity (Wildman–Crippen MR) is 70.2 cm³/mol. The van der Waals surface area contributed by atoms with Crippen LogP contribution < -0.4 is 5.73 Å². The summed E-state index contributed by atoms with van der Waals surface area (Å²) in [4.78, 5) is 0.0837. The summed E-state index contributed by atoms with van der Waals surface area (Å²) in [5.41, 5.74) is 6.88. The van der Waals surface area contributed by atoms with Crippen LogP contribution in [-0.4, -0.2) is 25.8 Å². The summed E-state index contributed by atoms with van der Waals surface area (Å²) in [7, 11) is -2.20. The van der Waals surface area contributed by atoms with Gasteiger partial charge < -0.3 is 5.73 Å². The molecule has 1 rings (SSSR count). The van der Waals surface area contributed by atoms with Gasteiger partial charge in [-0.05, 0) is 31.5 Å². The van der Waals surface area contributed by atoms with Crippen molar-refractivity contribution in [3.8, 4) is 6.07 Å². The first-order valence-electron chi connectivity index (χ1n) is 5.51. The number of sulfonamides is 1. The molecule has 0 saturated heterocycles. The van der Waals surface area contributed by atoms with E-state index in [0.29, 0.717) is 0 Å². The second-order valence-corrected chi connectivity index (χ2v) is 6.24. The Labute approximate surface area is 108 Å². The molecule has 0 bridgehead atoms. The lowest BCUT2D eigenvalue weighted by Crippen LogP contribution is -2.35. The van der Waals surface area contributed by atoms with Gasteiger partial charge in [0, 0.05) is 13.1 Å². The standard InChI is InChI=1S/C12H17N3O2S/c1-9-4-5-12(11(14)8-9)18(16,17)15(3)10(2)6-7-13/h4-5,8,10H,6,14H2,1-3H3. The molecule has 1 aromatic rings. The van der Waals surface area contributed by atoms with E-state index in [4.69, 9.17) is 11.0 Å². The van der Waals surface area contributed by atoms with E-state index in [9.17, 15) is 8.42 Å². The summed E-state index contributed by atoms with van der Waals surface area (Å²) in [5.74, 6) is 0. The molecule has 98 valence electrons. The number of aryl methyl sites for hydroxylation is 1. The average Bonchev–Trinajstić information content (AvgIpc) is 2.27. The highest BCUT2D eigenvalue weighted by molar-refractivity contribution is 7.89. The second-order valence-electron chi connectivity index (χ2n) is 4.27. The maximum absolute atomic E-state index is 12.3. The van der Waals surface area contributed by atoms with Crippen LogP contribution in [0.25, 0.3) is 0 Å². The zero-order chi connectivity index (χ0) is 13.9. The number of benzene rings is 1. The Morgan fingerprint density at radius 3 is 2.61 bits per heavy atom. The largest absolute Gasteiger partial charge is 0.398 e. The number of nitrogens with zero attached hydrogens (tertiary/aromatic N) is 2. The first-order valence-corrected chi connectivity index (χ1v) is 6.95. The van der Waals surface area contributed by atoms with Crippen LogP contribution in [0.1, 0.15) is 18.9 Å². The molecule has 1 atom stereocenters. The molecule has 0 aliphatic carbocycles. The third kappa shape index (κ3) is 2.81. The Balaban J connectivity index is 3.18. The molecule has 0 aliphatic heterocycles. The first-order chi connectivity index (χ1) is 8.30. The third-order valence-corrected chi connectivity index (χ3v) is 4.88. The van der Waals surface area contributed by atoms with Crippen molar-refractivity contribution < 1.29 is 8.42 Å². The van der Waals surface area contributed by atoms with Gasteiger partial charge >= 0.3 is 0 Å². The van der Waals surface area contributed by atoms with Gasteiger partial charge in [0.2, 0.25) is 10.0 Å². The number of hydrogen-bond acceptors (Lipinski definition) is 4. The van der Waals surface area contributed by atoms with Crippen molar-refractivity contribution >= 4 is 15.7 Å². The van der Waals surface area contributed by atoms with Gasteiger partial charge in [0.15, 0.2) is 0 Å². The van der Waals surface area contributed by atoms with Crippen molar-refractivity contribution in [2.45, 2.75) is 31.2 Å². The van der Waals surface area contributed by atoms with Crippen LogP contribution in [0.15, 0.2) is 23.1 Å². The van der Waals surface area contributed by atoms with E-state index < -0.39 is 10.0 Å². The molecule has 0 aliphatic rings. The molecule has 0 saturated carbocycles. The Morgan fingerprint density at radius 2 is 2.11 bits per heavy atom. The highest BCUT2D eigenvalue weighted by atomic mass is 32.2. The highest BCUT2D eigenvalue weighted by Crippen LogP contribution is 2.24. The molecule has 6 heteroatoms. The van der Waals surface area contributed by atoms with Crippen LogP contribution in [-0.2, 0) is 10.0 Å². The van der Waals surface area contributed by atoms with E-state index in [2.05, 4.69) is 0 Å². The monoisotopic (exact) mass is 267 g/mol. The van der Waals surface area contributed by atoms with Gasteiger partial charge in [0.1, 0.15) is 4.90 Å². The lowest BCUT2D eigenvalue weighted by molar-refractivity contribution is 0.393. The van der Waals surface area contributed by atoms with Gasteiger partial charge in [-0.15, -0.1) is 0 Å². The molecule has 0 spiro atoms. The summed E-state index contributed by atoms with van der Waals surface area (Å²) in [6.45, 7) is 3.53. The molecule has 5 nitrogen and oxygen atoms in total. The minimum Gasteiger partial charge on any atom is -0.398 e. The molecular formula is C12H17N3O2S. The fourth-order valence-corrected chi connectivity index (χ4v) is 3.01. The number of rotatable bonds is 4. The van der Waals surface area contributed by atoms with Gasteiger partial charge in [-0.25, -0.2) is 8.42 Å². The molecule has 0 heterocycles. The van der Waals surface area contributed by atoms with Gasteiger partial charge in [-0.3, -0.25) is 0 Å². The summed E-state index contributed by atoms with van der Waals surface area (Å²) >= 11 is 0. The van der Waals surface area contributed by atoms with Crippen LogP contribution in [0.5, 0.6) is 0 Å². The Morgan fingerprint density at radius 1 is 1.50 bits per heavy atom. The molecule has 1 aromatic carbocycles. The Kier molecular flexibility index (Phi) is 4.33. The molecule has 0 radical (unpaired) electrons. The molecule has 0 amide bonds.